The molecule has 0 spiro atoms. The number of benzene rings is 1. The van der Waals surface area contributed by atoms with Gasteiger partial charge in [0.15, 0.2) is 6.10 Å². The Labute approximate surface area is 150 Å². The predicted octanol–water partition coefficient (Wildman–Crippen LogP) is 3.60. The van der Waals surface area contributed by atoms with Crippen LogP contribution >= 0.6 is 0 Å². The van der Waals surface area contributed by atoms with Crippen LogP contribution in [0.1, 0.15) is 57.1 Å². The second kappa shape index (κ2) is 8.37. The Morgan fingerprint density at radius 3 is 2.44 bits per heavy atom. The lowest BCUT2D eigenvalue weighted by molar-refractivity contribution is -0.140. The van der Waals surface area contributed by atoms with Crippen LogP contribution in [0.25, 0.3) is 0 Å². The first-order chi connectivity index (χ1) is 11.8. The van der Waals surface area contributed by atoms with E-state index in [1.54, 1.807) is 11.8 Å². The van der Waals surface area contributed by atoms with E-state index in [4.69, 9.17) is 9.84 Å². The molecular formula is C20H29NO4. The summed E-state index contributed by atoms with van der Waals surface area (Å²) < 4.78 is 6.01. The maximum absolute atomic E-state index is 12.7. The number of carbonyl (C=O) groups is 2. The fourth-order valence-electron chi connectivity index (χ4n) is 3.32. The highest BCUT2D eigenvalue weighted by Crippen LogP contribution is 2.29. The van der Waals surface area contributed by atoms with Crippen molar-refractivity contribution >= 4 is 11.9 Å². The molecule has 1 heterocycles. The van der Waals surface area contributed by atoms with Crippen LogP contribution in [0.4, 0.5) is 0 Å². The standard InChI is InChI=1S/C20H29NO4/c1-13(2)17-6-5-14(3)11-18(17)25-15(4)20(24)21-9-7-16(8-10-21)12-19(22)23/h5-6,11,13,15-16H,7-10,12H2,1-4H3,(H,22,23). The summed E-state index contributed by atoms with van der Waals surface area (Å²) in [5, 5.41) is 8.89. The molecule has 1 aliphatic rings. The van der Waals surface area contributed by atoms with Crippen molar-refractivity contribution in [3.63, 3.8) is 0 Å². The number of ether oxygens (including phenoxy) is 1. The van der Waals surface area contributed by atoms with Crippen LogP contribution in [-0.4, -0.2) is 41.1 Å². The molecule has 138 valence electrons. The summed E-state index contributed by atoms with van der Waals surface area (Å²) in [5.74, 6) is 0.482. The molecule has 1 fully saturated rings. The molecule has 0 aromatic heterocycles. The second-order valence-electron chi connectivity index (χ2n) is 7.32. The molecule has 1 N–H and O–H groups in total. The van der Waals surface area contributed by atoms with Crippen molar-refractivity contribution in [1.82, 2.24) is 4.90 Å². The summed E-state index contributed by atoms with van der Waals surface area (Å²) in [6, 6.07) is 6.10. The largest absolute Gasteiger partial charge is 0.481 e. The minimum absolute atomic E-state index is 0.0232. The lowest BCUT2D eigenvalue weighted by Gasteiger charge is -2.33. The maximum Gasteiger partial charge on any atom is 0.303 e. The minimum Gasteiger partial charge on any atom is -0.481 e. The third-order valence-corrected chi connectivity index (χ3v) is 4.83. The van der Waals surface area contributed by atoms with E-state index < -0.39 is 12.1 Å². The van der Waals surface area contributed by atoms with Crippen molar-refractivity contribution in [3.8, 4) is 5.75 Å². The van der Waals surface area contributed by atoms with Gasteiger partial charge >= 0.3 is 5.97 Å². The van der Waals surface area contributed by atoms with Gasteiger partial charge in [0.2, 0.25) is 0 Å². The van der Waals surface area contributed by atoms with Crippen molar-refractivity contribution in [2.45, 2.75) is 59.0 Å². The number of amides is 1. The molecular weight excluding hydrogens is 318 g/mol. The number of hydrogen-bond donors (Lipinski definition) is 1. The first-order valence-corrected chi connectivity index (χ1v) is 9.05. The first kappa shape index (κ1) is 19.3. The molecule has 0 bridgehead atoms. The zero-order valence-corrected chi connectivity index (χ0v) is 15.6. The van der Waals surface area contributed by atoms with Crippen LogP contribution in [0.2, 0.25) is 0 Å². The number of carboxylic acids is 1. The summed E-state index contributed by atoms with van der Waals surface area (Å²) in [4.78, 5) is 25.3. The average Bonchev–Trinajstić information content (AvgIpc) is 2.54. The van der Waals surface area contributed by atoms with Gasteiger partial charge in [-0.1, -0.05) is 26.0 Å². The summed E-state index contributed by atoms with van der Waals surface area (Å²) in [7, 11) is 0. The average molecular weight is 347 g/mol. The van der Waals surface area contributed by atoms with Crippen molar-refractivity contribution in [1.29, 1.82) is 0 Å². The summed E-state index contributed by atoms with van der Waals surface area (Å²) in [5.41, 5.74) is 2.21. The topological polar surface area (TPSA) is 66.8 Å². The molecule has 0 saturated carbocycles. The van der Waals surface area contributed by atoms with Crippen LogP contribution in [-0.2, 0) is 9.59 Å². The normalized spacial score (nSPS) is 16.8. The quantitative estimate of drug-likeness (QED) is 0.854. The van der Waals surface area contributed by atoms with E-state index in [1.165, 1.54) is 0 Å². The molecule has 1 amide bonds. The number of carboxylic acid groups (broad SMARTS) is 1. The van der Waals surface area contributed by atoms with Crippen molar-refractivity contribution < 1.29 is 19.4 Å². The highest BCUT2D eigenvalue weighted by molar-refractivity contribution is 5.81. The van der Waals surface area contributed by atoms with Gasteiger partial charge in [-0.3, -0.25) is 9.59 Å². The Balaban J connectivity index is 1.97. The fourth-order valence-corrected chi connectivity index (χ4v) is 3.32. The number of rotatable bonds is 6. The lowest BCUT2D eigenvalue weighted by Crippen LogP contribution is -2.45. The van der Waals surface area contributed by atoms with E-state index in [0.717, 1.165) is 29.7 Å². The van der Waals surface area contributed by atoms with Gasteiger partial charge in [-0.2, -0.15) is 0 Å². The van der Waals surface area contributed by atoms with E-state index in [9.17, 15) is 9.59 Å². The van der Waals surface area contributed by atoms with Gasteiger partial charge in [0.05, 0.1) is 0 Å². The summed E-state index contributed by atoms with van der Waals surface area (Å²) in [6.45, 7) is 9.23. The number of carbonyl (C=O) groups excluding carboxylic acids is 1. The Kier molecular flexibility index (Phi) is 6.45. The number of piperidine rings is 1. The Morgan fingerprint density at radius 1 is 1.24 bits per heavy atom. The number of likely N-dealkylation sites (tertiary alicyclic amines) is 1. The Hall–Kier alpha value is -2.04. The van der Waals surface area contributed by atoms with Gasteiger partial charge in [-0.15, -0.1) is 0 Å². The number of hydrogen-bond acceptors (Lipinski definition) is 3. The zero-order valence-electron chi connectivity index (χ0n) is 15.6. The van der Waals surface area contributed by atoms with Gasteiger partial charge in [-0.05, 0) is 55.7 Å². The van der Waals surface area contributed by atoms with Crippen molar-refractivity contribution in [3.05, 3.63) is 29.3 Å². The molecule has 0 aliphatic carbocycles. The van der Waals surface area contributed by atoms with Crippen LogP contribution in [0.3, 0.4) is 0 Å². The zero-order chi connectivity index (χ0) is 18.6. The fraction of sp³-hybridized carbons (Fsp3) is 0.600. The molecule has 25 heavy (non-hydrogen) atoms. The second-order valence-corrected chi connectivity index (χ2v) is 7.32. The van der Waals surface area contributed by atoms with E-state index >= 15 is 0 Å². The molecule has 1 aromatic rings. The maximum atomic E-state index is 12.7. The SMILES string of the molecule is Cc1ccc(C(C)C)c(OC(C)C(=O)N2CCC(CC(=O)O)CC2)c1. The van der Waals surface area contributed by atoms with Crippen molar-refractivity contribution in [2.24, 2.45) is 5.92 Å². The van der Waals surface area contributed by atoms with E-state index in [1.807, 2.05) is 13.0 Å². The number of nitrogens with zero attached hydrogens (tertiary/aromatic N) is 1. The van der Waals surface area contributed by atoms with Gasteiger partial charge in [0, 0.05) is 19.5 Å². The van der Waals surface area contributed by atoms with Crippen molar-refractivity contribution in [2.75, 3.05) is 13.1 Å². The van der Waals surface area contributed by atoms with Gasteiger partial charge in [-0.25, -0.2) is 0 Å². The van der Waals surface area contributed by atoms with Crippen LogP contribution in [0.5, 0.6) is 5.75 Å². The highest BCUT2D eigenvalue weighted by atomic mass is 16.5. The van der Waals surface area contributed by atoms with Gasteiger partial charge in [0.25, 0.3) is 5.91 Å². The molecule has 1 aromatic carbocycles. The molecule has 0 radical (unpaired) electrons. The molecule has 1 atom stereocenters. The summed E-state index contributed by atoms with van der Waals surface area (Å²) >= 11 is 0. The summed E-state index contributed by atoms with van der Waals surface area (Å²) in [6.07, 6.45) is 1.13. The monoisotopic (exact) mass is 347 g/mol. The molecule has 1 unspecified atom stereocenters. The lowest BCUT2D eigenvalue weighted by atomic mass is 9.93. The predicted molar refractivity (Wildman–Crippen MR) is 96.9 cm³/mol. The molecule has 1 aliphatic heterocycles. The van der Waals surface area contributed by atoms with E-state index in [-0.39, 0.29) is 18.2 Å². The van der Waals surface area contributed by atoms with E-state index in [0.29, 0.717) is 19.0 Å². The number of aliphatic carboxylic acids is 1. The molecule has 5 heteroatoms. The van der Waals surface area contributed by atoms with Crippen LogP contribution in [0.15, 0.2) is 18.2 Å². The molecule has 5 nitrogen and oxygen atoms in total. The van der Waals surface area contributed by atoms with E-state index in [2.05, 4.69) is 26.0 Å². The minimum atomic E-state index is -0.762. The van der Waals surface area contributed by atoms with Crippen LogP contribution < -0.4 is 4.74 Å². The molecule has 1 saturated heterocycles. The third-order valence-electron chi connectivity index (χ3n) is 4.83. The third kappa shape index (κ3) is 5.21. The Bertz CT molecular complexity index is 618. The van der Waals surface area contributed by atoms with Crippen LogP contribution in [0, 0.1) is 12.8 Å². The molecule has 2 rings (SSSR count). The Morgan fingerprint density at radius 2 is 1.88 bits per heavy atom. The van der Waals surface area contributed by atoms with Gasteiger partial charge in [0.1, 0.15) is 5.75 Å². The smallest absolute Gasteiger partial charge is 0.303 e. The highest BCUT2D eigenvalue weighted by Gasteiger charge is 2.28. The number of aryl methyl sites for hydroxylation is 1. The first-order valence-electron chi connectivity index (χ1n) is 9.05. The van der Waals surface area contributed by atoms with Gasteiger partial charge < -0.3 is 14.7 Å².